The maximum atomic E-state index is 11.2. The molecule has 0 fully saturated rings. The third-order valence-electron chi connectivity index (χ3n) is 3.50. The van der Waals surface area contributed by atoms with E-state index in [2.05, 4.69) is 6.92 Å². The summed E-state index contributed by atoms with van der Waals surface area (Å²) in [6, 6.07) is 4.53. The highest BCUT2D eigenvalue weighted by Gasteiger charge is 2.17. The lowest BCUT2D eigenvalue weighted by Gasteiger charge is -2.08. The number of nitro groups is 1. The Balaban J connectivity index is 2.54. The lowest BCUT2D eigenvalue weighted by Crippen LogP contribution is -2.31. The fourth-order valence-corrected chi connectivity index (χ4v) is 2.24. The van der Waals surface area contributed by atoms with Crippen molar-refractivity contribution in [1.29, 1.82) is 0 Å². The number of hydrogen-bond acceptors (Lipinski definition) is 5. The van der Waals surface area contributed by atoms with Crippen molar-refractivity contribution in [3.8, 4) is 5.75 Å². The second kappa shape index (κ2) is 10.6. The quantitative estimate of drug-likeness (QED) is 0.214. The third kappa shape index (κ3) is 7.10. The van der Waals surface area contributed by atoms with Crippen LogP contribution in [0, 0.1) is 10.1 Å². The molecule has 0 unspecified atom stereocenters. The zero-order chi connectivity index (χ0) is 17.1. The number of nitrogens with one attached hydrogen (secondary N) is 1. The van der Waals surface area contributed by atoms with E-state index in [1.165, 1.54) is 31.4 Å². The average molecular weight is 323 g/mol. The van der Waals surface area contributed by atoms with Crippen molar-refractivity contribution < 1.29 is 14.5 Å². The number of nitro benzene ring substituents is 1. The molecular weight excluding hydrogens is 298 g/mol. The maximum Gasteiger partial charge on any atom is 0.311 e. The molecule has 0 radical (unpaired) electrons. The van der Waals surface area contributed by atoms with Gasteiger partial charge in [0.1, 0.15) is 0 Å². The highest BCUT2D eigenvalue weighted by molar-refractivity contribution is 5.78. The number of amides is 1. The molecule has 0 aromatic heterocycles. The van der Waals surface area contributed by atoms with Crippen LogP contribution >= 0.6 is 0 Å². The van der Waals surface area contributed by atoms with E-state index < -0.39 is 10.8 Å². The first-order valence-corrected chi connectivity index (χ1v) is 7.98. The molecule has 7 heteroatoms. The van der Waals surface area contributed by atoms with Gasteiger partial charge in [0.15, 0.2) is 5.75 Å². The Morgan fingerprint density at radius 3 is 2.61 bits per heavy atom. The van der Waals surface area contributed by atoms with Crippen molar-refractivity contribution >= 4 is 11.6 Å². The van der Waals surface area contributed by atoms with Crippen LogP contribution in [0.5, 0.6) is 5.75 Å². The Labute approximate surface area is 136 Å². The molecule has 0 bridgehead atoms. The molecule has 7 nitrogen and oxygen atoms in total. The van der Waals surface area contributed by atoms with E-state index in [-0.39, 0.29) is 17.9 Å². The zero-order valence-electron chi connectivity index (χ0n) is 13.5. The molecule has 23 heavy (non-hydrogen) atoms. The Hall–Kier alpha value is -2.15. The molecule has 3 N–H and O–H groups in total. The number of nitrogens with zero attached hydrogens (tertiary/aromatic N) is 1. The summed E-state index contributed by atoms with van der Waals surface area (Å²) in [7, 11) is 0. The van der Waals surface area contributed by atoms with Crippen LogP contribution in [0.25, 0.3) is 0 Å². The van der Waals surface area contributed by atoms with Gasteiger partial charge in [0.25, 0.3) is 0 Å². The molecule has 0 spiro atoms. The van der Waals surface area contributed by atoms with Crippen molar-refractivity contribution in [2.45, 2.75) is 51.9 Å². The topological polar surface area (TPSA) is 107 Å². The molecule has 1 amide bonds. The number of rotatable bonds is 11. The van der Waals surface area contributed by atoms with Gasteiger partial charge >= 0.3 is 5.69 Å². The molecule has 0 saturated carbocycles. The number of unbranched alkanes of at least 4 members (excludes halogenated alkanes) is 5. The van der Waals surface area contributed by atoms with Gasteiger partial charge in [-0.15, -0.1) is 0 Å². The van der Waals surface area contributed by atoms with Crippen LogP contribution in [0.15, 0.2) is 18.2 Å². The molecule has 128 valence electrons. The molecule has 0 saturated heterocycles. The SMILES string of the molecule is CCCCCCCCOc1ccc(CC(=O)NN)cc1[N+](=O)[O-]. The zero-order valence-corrected chi connectivity index (χ0v) is 13.5. The van der Waals surface area contributed by atoms with E-state index in [1.807, 2.05) is 5.43 Å². The van der Waals surface area contributed by atoms with E-state index in [1.54, 1.807) is 6.07 Å². The van der Waals surface area contributed by atoms with Crippen molar-refractivity contribution in [3.05, 3.63) is 33.9 Å². The van der Waals surface area contributed by atoms with Crippen LogP contribution in [-0.4, -0.2) is 17.4 Å². The molecule has 0 aliphatic heterocycles. The number of benzene rings is 1. The standard InChI is InChI=1S/C16H25N3O4/c1-2-3-4-5-6-7-10-23-15-9-8-13(12-16(20)18-17)11-14(15)19(21)22/h8-9,11H,2-7,10,12,17H2,1H3,(H,18,20). The Bertz CT molecular complexity index is 520. The van der Waals surface area contributed by atoms with Gasteiger partial charge in [0.2, 0.25) is 5.91 Å². The van der Waals surface area contributed by atoms with Gasteiger partial charge in [-0.1, -0.05) is 45.1 Å². The second-order valence-electron chi connectivity index (χ2n) is 5.42. The Morgan fingerprint density at radius 1 is 1.26 bits per heavy atom. The largest absolute Gasteiger partial charge is 0.487 e. The Kier molecular flexibility index (Phi) is 8.67. The van der Waals surface area contributed by atoms with Crippen LogP contribution in [0.2, 0.25) is 0 Å². The molecule has 0 aliphatic carbocycles. The summed E-state index contributed by atoms with van der Waals surface area (Å²) in [5, 5.41) is 11.1. The number of nitrogens with two attached hydrogens (primary N) is 1. The van der Waals surface area contributed by atoms with Gasteiger partial charge in [0.05, 0.1) is 18.0 Å². The minimum Gasteiger partial charge on any atom is -0.487 e. The summed E-state index contributed by atoms with van der Waals surface area (Å²) < 4.78 is 5.52. The lowest BCUT2D eigenvalue weighted by molar-refractivity contribution is -0.385. The third-order valence-corrected chi connectivity index (χ3v) is 3.50. The van der Waals surface area contributed by atoms with Crippen LogP contribution in [0.1, 0.15) is 51.0 Å². The maximum absolute atomic E-state index is 11.2. The summed E-state index contributed by atoms with van der Waals surface area (Å²) in [6.07, 6.45) is 6.75. The van der Waals surface area contributed by atoms with Crippen molar-refractivity contribution in [2.75, 3.05) is 6.61 Å². The van der Waals surface area contributed by atoms with Crippen molar-refractivity contribution in [1.82, 2.24) is 5.43 Å². The molecular formula is C16H25N3O4. The minimum atomic E-state index is -0.500. The minimum absolute atomic E-state index is 0.00491. The Morgan fingerprint density at radius 2 is 1.96 bits per heavy atom. The first-order chi connectivity index (χ1) is 11.1. The van der Waals surface area contributed by atoms with Crippen LogP contribution in [-0.2, 0) is 11.2 Å². The summed E-state index contributed by atoms with van der Waals surface area (Å²) in [6.45, 7) is 2.62. The van der Waals surface area contributed by atoms with E-state index in [4.69, 9.17) is 10.6 Å². The molecule has 0 atom stereocenters. The van der Waals surface area contributed by atoms with Gasteiger partial charge in [-0.2, -0.15) is 0 Å². The molecule has 0 heterocycles. The molecule has 1 rings (SSSR count). The number of ether oxygens (including phenoxy) is 1. The molecule has 1 aromatic rings. The normalized spacial score (nSPS) is 10.3. The number of carbonyl (C=O) groups is 1. The highest BCUT2D eigenvalue weighted by atomic mass is 16.6. The predicted octanol–water partition coefficient (Wildman–Crippen LogP) is 2.87. The number of carbonyl (C=O) groups excluding carboxylic acids is 1. The van der Waals surface area contributed by atoms with Gasteiger partial charge in [-0.25, -0.2) is 5.84 Å². The van der Waals surface area contributed by atoms with Crippen LogP contribution < -0.4 is 16.0 Å². The highest BCUT2D eigenvalue weighted by Crippen LogP contribution is 2.28. The summed E-state index contributed by atoms with van der Waals surface area (Å²) in [4.78, 5) is 21.9. The van der Waals surface area contributed by atoms with E-state index in [0.29, 0.717) is 12.2 Å². The lowest BCUT2D eigenvalue weighted by atomic mass is 10.1. The van der Waals surface area contributed by atoms with Gasteiger partial charge in [-0.3, -0.25) is 20.3 Å². The van der Waals surface area contributed by atoms with Crippen LogP contribution in [0.3, 0.4) is 0 Å². The smallest absolute Gasteiger partial charge is 0.311 e. The fourth-order valence-electron chi connectivity index (χ4n) is 2.24. The van der Waals surface area contributed by atoms with Gasteiger partial charge < -0.3 is 4.74 Å². The van der Waals surface area contributed by atoms with Crippen molar-refractivity contribution in [3.63, 3.8) is 0 Å². The number of hydrazine groups is 1. The van der Waals surface area contributed by atoms with E-state index in [0.717, 1.165) is 19.3 Å². The fraction of sp³-hybridized carbons (Fsp3) is 0.562. The van der Waals surface area contributed by atoms with Crippen molar-refractivity contribution in [2.24, 2.45) is 5.84 Å². The van der Waals surface area contributed by atoms with E-state index in [9.17, 15) is 14.9 Å². The predicted molar refractivity (Wildman–Crippen MR) is 88.0 cm³/mol. The molecule has 1 aromatic carbocycles. The first-order valence-electron chi connectivity index (χ1n) is 7.98. The monoisotopic (exact) mass is 323 g/mol. The summed E-state index contributed by atoms with van der Waals surface area (Å²) >= 11 is 0. The second-order valence-corrected chi connectivity index (χ2v) is 5.42. The molecule has 0 aliphatic rings. The van der Waals surface area contributed by atoms with Crippen LogP contribution in [0.4, 0.5) is 5.69 Å². The summed E-state index contributed by atoms with van der Waals surface area (Å²) in [5.74, 6) is 4.85. The average Bonchev–Trinajstić information content (AvgIpc) is 2.54. The number of hydrogen-bond donors (Lipinski definition) is 2. The van der Waals surface area contributed by atoms with E-state index >= 15 is 0 Å². The van der Waals surface area contributed by atoms with Gasteiger partial charge in [-0.05, 0) is 18.1 Å². The van der Waals surface area contributed by atoms with Gasteiger partial charge in [0, 0.05) is 6.07 Å². The first kappa shape index (κ1) is 18.9. The summed E-state index contributed by atoms with van der Waals surface area (Å²) in [5.41, 5.74) is 2.39.